The van der Waals surface area contributed by atoms with Crippen molar-refractivity contribution in [3.63, 3.8) is 0 Å². The van der Waals surface area contributed by atoms with E-state index in [-0.39, 0.29) is 35.2 Å². The number of nitrogens with two attached hydrogens (primary N) is 1. The fourth-order valence-electron chi connectivity index (χ4n) is 4.57. The third-order valence-corrected chi connectivity index (χ3v) is 8.06. The van der Waals surface area contributed by atoms with Crippen LogP contribution in [0.2, 0.25) is 0 Å². The number of likely N-dealkylation sites (tertiary alicyclic amines) is 1. The lowest BCUT2D eigenvalue weighted by atomic mass is 10.1. The average molecular weight is 509 g/mol. The largest absolute Gasteiger partial charge is 0.343 e. The molecule has 0 unspecified atom stereocenters. The Hall–Kier alpha value is -3.27. The van der Waals surface area contributed by atoms with E-state index in [1.54, 1.807) is 48.2 Å². The summed E-state index contributed by atoms with van der Waals surface area (Å²) >= 11 is 0. The van der Waals surface area contributed by atoms with Gasteiger partial charge in [0.2, 0.25) is 15.9 Å². The summed E-state index contributed by atoms with van der Waals surface area (Å²) in [5.74, 6) is -0.252. The lowest BCUT2D eigenvalue weighted by Crippen LogP contribution is -2.47. The number of carbonyl (C=O) groups is 2. The first kappa shape index (κ1) is 25.8. The van der Waals surface area contributed by atoms with Gasteiger partial charge in [-0.3, -0.25) is 9.59 Å². The summed E-state index contributed by atoms with van der Waals surface area (Å²) in [6.45, 7) is 4.64. The second-order valence-corrected chi connectivity index (χ2v) is 11.1. The van der Waals surface area contributed by atoms with Crippen molar-refractivity contribution in [1.82, 2.24) is 9.62 Å². The second-order valence-electron chi connectivity index (χ2n) is 9.38. The van der Waals surface area contributed by atoms with Crippen molar-refractivity contribution in [3.8, 4) is 0 Å². The standard InChI is InChI=1S/C27H32N4O4S/c1-18-7-3-4-8-21(18)27(33)29-24-11-12-25(23-10-6-5-9-22(23)24)36(34,35)30-20-13-15-31(16-14-20)26(32)17-19(2)28/h3-12,19-20,30H,13-17,28H2,1-2H3,(H,29,33)/t19-/m0/s1. The van der Waals surface area contributed by atoms with Crippen molar-refractivity contribution in [1.29, 1.82) is 0 Å². The number of hydrogen-bond donors (Lipinski definition) is 3. The zero-order valence-electron chi connectivity index (χ0n) is 20.5. The van der Waals surface area contributed by atoms with Crippen LogP contribution in [0, 0.1) is 6.92 Å². The smallest absolute Gasteiger partial charge is 0.255 e. The molecular weight excluding hydrogens is 476 g/mol. The molecule has 190 valence electrons. The Bertz CT molecular complexity index is 1380. The molecule has 2 amide bonds. The number of amides is 2. The van der Waals surface area contributed by atoms with E-state index in [1.807, 2.05) is 25.1 Å². The number of hydrogen-bond acceptors (Lipinski definition) is 5. The summed E-state index contributed by atoms with van der Waals surface area (Å²) in [5.41, 5.74) is 7.69. The molecule has 1 aliphatic rings. The Morgan fingerprint density at radius 1 is 1.00 bits per heavy atom. The van der Waals surface area contributed by atoms with Gasteiger partial charge in [-0.25, -0.2) is 13.1 Å². The minimum atomic E-state index is -3.83. The average Bonchev–Trinajstić information content (AvgIpc) is 2.84. The fraction of sp³-hybridized carbons (Fsp3) is 0.333. The Kier molecular flexibility index (Phi) is 7.73. The van der Waals surface area contributed by atoms with Crippen molar-refractivity contribution >= 4 is 38.3 Å². The van der Waals surface area contributed by atoms with Crippen LogP contribution in [0.3, 0.4) is 0 Å². The highest BCUT2D eigenvalue weighted by atomic mass is 32.2. The quantitative estimate of drug-likeness (QED) is 0.452. The maximum Gasteiger partial charge on any atom is 0.255 e. The van der Waals surface area contributed by atoms with Gasteiger partial charge < -0.3 is 16.0 Å². The van der Waals surface area contributed by atoms with Gasteiger partial charge in [0, 0.05) is 53.6 Å². The van der Waals surface area contributed by atoms with E-state index in [4.69, 9.17) is 5.73 Å². The van der Waals surface area contributed by atoms with E-state index in [0.29, 0.717) is 48.0 Å². The van der Waals surface area contributed by atoms with Gasteiger partial charge in [-0.05, 0) is 50.5 Å². The number of rotatable bonds is 7. The SMILES string of the molecule is Cc1ccccc1C(=O)Nc1ccc(S(=O)(=O)NC2CCN(C(=O)C[C@H](C)N)CC2)c2ccccc12. The zero-order chi connectivity index (χ0) is 25.9. The van der Waals surface area contributed by atoms with Crippen LogP contribution in [0.1, 0.15) is 42.1 Å². The van der Waals surface area contributed by atoms with Gasteiger partial charge in [0.05, 0.1) is 4.90 Å². The number of carbonyl (C=O) groups excluding carboxylic acids is 2. The Balaban J connectivity index is 1.52. The lowest BCUT2D eigenvalue weighted by Gasteiger charge is -2.32. The highest BCUT2D eigenvalue weighted by Gasteiger charge is 2.28. The number of sulfonamides is 1. The Morgan fingerprint density at radius 3 is 2.31 bits per heavy atom. The van der Waals surface area contributed by atoms with E-state index in [9.17, 15) is 18.0 Å². The summed E-state index contributed by atoms with van der Waals surface area (Å²) in [4.78, 5) is 27.0. The Morgan fingerprint density at radius 2 is 1.64 bits per heavy atom. The Labute approximate surface area is 211 Å². The number of fused-ring (bicyclic) bond motifs is 1. The second kappa shape index (κ2) is 10.8. The minimum absolute atomic E-state index is 0.000587. The zero-order valence-corrected chi connectivity index (χ0v) is 21.3. The molecule has 0 radical (unpaired) electrons. The van der Waals surface area contributed by atoms with E-state index < -0.39 is 10.0 Å². The molecule has 0 bridgehead atoms. The van der Waals surface area contributed by atoms with Crippen molar-refractivity contribution in [2.45, 2.75) is 50.1 Å². The first-order valence-corrected chi connectivity index (χ1v) is 13.6. The molecule has 36 heavy (non-hydrogen) atoms. The van der Waals surface area contributed by atoms with Crippen LogP contribution in [-0.2, 0) is 14.8 Å². The number of anilines is 1. The number of aryl methyl sites for hydroxylation is 1. The first-order chi connectivity index (χ1) is 17.2. The predicted molar refractivity (Wildman–Crippen MR) is 141 cm³/mol. The molecule has 1 atom stereocenters. The van der Waals surface area contributed by atoms with Crippen molar-refractivity contribution < 1.29 is 18.0 Å². The summed E-state index contributed by atoms with van der Waals surface area (Å²) in [7, 11) is -3.83. The highest BCUT2D eigenvalue weighted by Crippen LogP contribution is 2.30. The molecule has 0 aromatic heterocycles. The van der Waals surface area contributed by atoms with Crippen LogP contribution >= 0.6 is 0 Å². The van der Waals surface area contributed by atoms with Gasteiger partial charge in [0.1, 0.15) is 0 Å². The van der Waals surface area contributed by atoms with Gasteiger partial charge in [-0.1, -0.05) is 42.5 Å². The van der Waals surface area contributed by atoms with E-state index in [2.05, 4.69) is 10.0 Å². The molecule has 4 N–H and O–H groups in total. The van der Waals surface area contributed by atoms with E-state index >= 15 is 0 Å². The first-order valence-electron chi connectivity index (χ1n) is 12.1. The van der Waals surface area contributed by atoms with Crippen LogP contribution in [0.25, 0.3) is 10.8 Å². The number of nitrogens with one attached hydrogen (secondary N) is 2. The monoisotopic (exact) mass is 508 g/mol. The maximum absolute atomic E-state index is 13.4. The van der Waals surface area contributed by atoms with E-state index in [1.165, 1.54) is 6.07 Å². The highest BCUT2D eigenvalue weighted by molar-refractivity contribution is 7.89. The molecule has 9 heteroatoms. The number of nitrogens with zero attached hydrogens (tertiary/aromatic N) is 1. The van der Waals surface area contributed by atoms with Gasteiger partial charge in [0.25, 0.3) is 5.91 Å². The molecule has 8 nitrogen and oxygen atoms in total. The number of piperidine rings is 1. The van der Waals surface area contributed by atoms with Gasteiger partial charge >= 0.3 is 0 Å². The normalized spacial score (nSPS) is 15.6. The van der Waals surface area contributed by atoms with Gasteiger partial charge in [-0.15, -0.1) is 0 Å². The number of benzene rings is 3. The van der Waals surface area contributed by atoms with E-state index in [0.717, 1.165) is 5.56 Å². The van der Waals surface area contributed by atoms with Crippen LogP contribution in [-0.4, -0.2) is 50.3 Å². The summed E-state index contributed by atoms with van der Waals surface area (Å²) in [6.07, 6.45) is 1.36. The molecule has 3 aromatic carbocycles. The summed E-state index contributed by atoms with van der Waals surface area (Å²) < 4.78 is 29.6. The molecule has 1 fully saturated rings. The molecule has 1 heterocycles. The predicted octanol–water partition coefficient (Wildman–Crippen LogP) is 3.41. The van der Waals surface area contributed by atoms with Crippen molar-refractivity contribution in [3.05, 3.63) is 71.8 Å². The molecule has 3 aromatic rings. The maximum atomic E-state index is 13.4. The molecule has 0 spiro atoms. The molecule has 0 saturated carbocycles. The molecule has 1 aliphatic heterocycles. The molecule has 0 aliphatic carbocycles. The van der Waals surface area contributed by atoms with Crippen LogP contribution in [0.15, 0.2) is 65.6 Å². The third kappa shape index (κ3) is 5.75. The van der Waals surface area contributed by atoms with Crippen LogP contribution in [0.5, 0.6) is 0 Å². The van der Waals surface area contributed by atoms with Crippen molar-refractivity contribution in [2.24, 2.45) is 5.73 Å². The lowest BCUT2D eigenvalue weighted by molar-refractivity contribution is -0.132. The topological polar surface area (TPSA) is 122 Å². The molecular formula is C27H32N4O4S. The molecule has 4 rings (SSSR count). The van der Waals surface area contributed by atoms with Crippen LogP contribution in [0.4, 0.5) is 5.69 Å². The third-order valence-electron chi connectivity index (χ3n) is 6.48. The van der Waals surface area contributed by atoms with Gasteiger partial charge in [0.15, 0.2) is 0 Å². The fourth-order valence-corrected chi connectivity index (χ4v) is 6.08. The van der Waals surface area contributed by atoms with Crippen LogP contribution < -0.4 is 15.8 Å². The van der Waals surface area contributed by atoms with Gasteiger partial charge in [-0.2, -0.15) is 0 Å². The van der Waals surface area contributed by atoms with Crippen molar-refractivity contribution in [2.75, 3.05) is 18.4 Å². The summed E-state index contributed by atoms with van der Waals surface area (Å²) in [6, 6.07) is 17.1. The minimum Gasteiger partial charge on any atom is -0.343 e. The summed E-state index contributed by atoms with van der Waals surface area (Å²) in [5, 5.41) is 4.09. The molecule has 1 saturated heterocycles.